The first-order chi connectivity index (χ1) is 6.66. The summed E-state index contributed by atoms with van der Waals surface area (Å²) in [6.45, 7) is 2.42. The van der Waals surface area contributed by atoms with Gasteiger partial charge in [0, 0.05) is 12.7 Å². The predicted octanol–water partition coefficient (Wildman–Crippen LogP) is 0.442. The Morgan fingerprint density at radius 2 is 2.29 bits per heavy atom. The molecule has 0 saturated heterocycles. The zero-order valence-electron chi connectivity index (χ0n) is 8.03. The van der Waals surface area contributed by atoms with E-state index in [4.69, 9.17) is 14.6 Å². The summed E-state index contributed by atoms with van der Waals surface area (Å²) in [5.74, 6) is -0.740. The highest BCUT2D eigenvalue weighted by Gasteiger charge is 2.15. The molecule has 6 nitrogen and oxygen atoms in total. The number of aromatic nitrogens is 2. The second kappa shape index (κ2) is 4.61. The van der Waals surface area contributed by atoms with Crippen molar-refractivity contribution in [3.8, 4) is 5.88 Å². The van der Waals surface area contributed by atoms with E-state index in [9.17, 15) is 4.79 Å². The van der Waals surface area contributed by atoms with E-state index in [0.717, 1.165) is 0 Å². The third kappa shape index (κ3) is 2.23. The summed E-state index contributed by atoms with van der Waals surface area (Å²) in [5.41, 5.74) is 0.547. The Morgan fingerprint density at radius 1 is 1.57 bits per heavy atom. The molecule has 0 amide bonds. The van der Waals surface area contributed by atoms with Crippen LogP contribution in [0.3, 0.4) is 0 Å². The van der Waals surface area contributed by atoms with E-state index in [-0.39, 0.29) is 5.69 Å². The molecule has 1 rings (SSSR count). The van der Waals surface area contributed by atoms with Gasteiger partial charge in [-0.2, -0.15) is 0 Å². The van der Waals surface area contributed by atoms with Crippen molar-refractivity contribution in [3.63, 3.8) is 0 Å². The Labute approximate surface area is 80.8 Å². The number of ether oxygens (including phenoxy) is 2. The largest absolute Gasteiger partial charge is 0.477 e. The highest BCUT2D eigenvalue weighted by Crippen LogP contribution is 2.16. The Balaban J connectivity index is 2.65. The van der Waals surface area contributed by atoms with Crippen molar-refractivity contribution in [1.82, 2.24) is 10.2 Å². The molecule has 0 unspecified atom stereocenters. The number of carbonyl (C=O) groups is 1. The number of H-pyrrole nitrogens is 1. The first-order valence-corrected chi connectivity index (χ1v) is 4.06. The van der Waals surface area contributed by atoms with Crippen molar-refractivity contribution >= 4 is 5.97 Å². The topological polar surface area (TPSA) is 84.4 Å². The maximum absolute atomic E-state index is 10.6. The quantitative estimate of drug-likeness (QED) is 0.674. The third-order valence-electron chi connectivity index (χ3n) is 1.71. The molecule has 1 aromatic heterocycles. The van der Waals surface area contributed by atoms with Crippen molar-refractivity contribution in [2.24, 2.45) is 0 Å². The third-order valence-corrected chi connectivity index (χ3v) is 1.71. The van der Waals surface area contributed by atoms with Crippen molar-refractivity contribution in [2.75, 3.05) is 20.3 Å². The van der Waals surface area contributed by atoms with Crippen LogP contribution in [0.1, 0.15) is 16.1 Å². The molecule has 6 heteroatoms. The number of methoxy groups -OCH3 is 1. The normalized spacial score (nSPS) is 10.1. The summed E-state index contributed by atoms with van der Waals surface area (Å²) < 4.78 is 9.96. The lowest BCUT2D eigenvalue weighted by atomic mass is 10.3. The van der Waals surface area contributed by atoms with Crippen molar-refractivity contribution < 1.29 is 19.4 Å². The minimum absolute atomic E-state index is 0.0532. The summed E-state index contributed by atoms with van der Waals surface area (Å²) in [4.78, 5) is 10.6. The monoisotopic (exact) mass is 200 g/mol. The Bertz CT molecular complexity index is 321. The van der Waals surface area contributed by atoms with Crippen molar-refractivity contribution in [3.05, 3.63) is 11.3 Å². The van der Waals surface area contributed by atoms with Crippen molar-refractivity contribution in [1.29, 1.82) is 0 Å². The molecule has 0 aliphatic heterocycles. The van der Waals surface area contributed by atoms with Crippen LogP contribution in [0.15, 0.2) is 0 Å². The van der Waals surface area contributed by atoms with Gasteiger partial charge in [0.1, 0.15) is 12.3 Å². The van der Waals surface area contributed by atoms with Crippen LogP contribution < -0.4 is 4.74 Å². The average molecular weight is 200 g/mol. The van der Waals surface area contributed by atoms with Gasteiger partial charge in [-0.25, -0.2) is 4.79 Å². The van der Waals surface area contributed by atoms with E-state index in [2.05, 4.69) is 10.2 Å². The lowest BCUT2D eigenvalue weighted by Gasteiger charge is -2.01. The highest BCUT2D eigenvalue weighted by molar-refractivity contribution is 5.87. The van der Waals surface area contributed by atoms with Crippen LogP contribution >= 0.6 is 0 Å². The zero-order chi connectivity index (χ0) is 10.6. The summed E-state index contributed by atoms with van der Waals surface area (Å²) in [5, 5.41) is 14.8. The Morgan fingerprint density at radius 3 is 2.79 bits per heavy atom. The van der Waals surface area contributed by atoms with Crippen LogP contribution in [0, 0.1) is 6.92 Å². The van der Waals surface area contributed by atoms with Gasteiger partial charge in [-0.3, -0.25) is 5.10 Å². The second-order valence-electron chi connectivity index (χ2n) is 2.68. The SMILES string of the molecule is COCCOc1n[nH]c(C(=O)O)c1C. The van der Waals surface area contributed by atoms with Gasteiger partial charge < -0.3 is 14.6 Å². The van der Waals surface area contributed by atoms with Gasteiger partial charge >= 0.3 is 5.97 Å². The molecule has 0 aliphatic rings. The lowest BCUT2D eigenvalue weighted by Crippen LogP contribution is -2.05. The van der Waals surface area contributed by atoms with E-state index < -0.39 is 5.97 Å². The zero-order valence-corrected chi connectivity index (χ0v) is 8.03. The van der Waals surface area contributed by atoms with Crippen LogP contribution in [0.4, 0.5) is 0 Å². The standard InChI is InChI=1S/C8H12N2O4/c1-5-6(8(11)12)9-10-7(5)14-4-3-13-2/h3-4H2,1-2H3,(H,9,10)(H,11,12). The minimum Gasteiger partial charge on any atom is -0.477 e. The molecule has 0 bridgehead atoms. The minimum atomic E-state index is -1.04. The summed E-state index contributed by atoms with van der Waals surface area (Å²) >= 11 is 0. The maximum atomic E-state index is 10.6. The van der Waals surface area contributed by atoms with Gasteiger partial charge in [0.2, 0.25) is 5.88 Å². The molecule has 2 N–H and O–H groups in total. The molecule has 1 aromatic rings. The predicted molar refractivity (Wildman–Crippen MR) is 47.7 cm³/mol. The highest BCUT2D eigenvalue weighted by atomic mass is 16.5. The van der Waals surface area contributed by atoms with Gasteiger partial charge in [0.05, 0.1) is 6.61 Å². The number of carboxylic acids is 1. The molecule has 14 heavy (non-hydrogen) atoms. The molecular formula is C8H12N2O4. The molecule has 0 fully saturated rings. The molecule has 0 atom stereocenters. The van der Waals surface area contributed by atoms with E-state index >= 15 is 0 Å². The number of hydrogen-bond donors (Lipinski definition) is 2. The van der Waals surface area contributed by atoms with Gasteiger partial charge in [-0.1, -0.05) is 0 Å². The van der Waals surface area contributed by atoms with Crippen LogP contribution in [0.2, 0.25) is 0 Å². The number of aromatic carboxylic acids is 1. The fraction of sp³-hybridized carbons (Fsp3) is 0.500. The molecule has 78 valence electrons. The van der Waals surface area contributed by atoms with Gasteiger partial charge in [0.25, 0.3) is 0 Å². The fourth-order valence-electron chi connectivity index (χ4n) is 0.952. The molecule has 0 spiro atoms. The number of nitrogens with one attached hydrogen (secondary N) is 1. The average Bonchev–Trinajstić information content (AvgIpc) is 2.48. The lowest BCUT2D eigenvalue weighted by molar-refractivity contribution is 0.0689. The number of aromatic amines is 1. The van der Waals surface area contributed by atoms with Crippen LogP contribution in [-0.4, -0.2) is 41.6 Å². The van der Waals surface area contributed by atoms with E-state index in [1.807, 2.05) is 0 Å². The first kappa shape index (κ1) is 10.5. The number of nitrogens with zero attached hydrogens (tertiary/aromatic N) is 1. The number of rotatable bonds is 5. The second-order valence-corrected chi connectivity index (χ2v) is 2.68. The fourth-order valence-corrected chi connectivity index (χ4v) is 0.952. The smallest absolute Gasteiger partial charge is 0.354 e. The van der Waals surface area contributed by atoms with Crippen molar-refractivity contribution in [2.45, 2.75) is 6.92 Å². The van der Waals surface area contributed by atoms with Gasteiger partial charge in [-0.05, 0) is 6.92 Å². The maximum Gasteiger partial charge on any atom is 0.354 e. The molecule has 1 heterocycles. The van der Waals surface area contributed by atoms with E-state index in [1.165, 1.54) is 0 Å². The molecule has 0 radical (unpaired) electrons. The number of hydrogen-bond acceptors (Lipinski definition) is 4. The van der Waals surface area contributed by atoms with E-state index in [1.54, 1.807) is 14.0 Å². The molecule has 0 saturated carbocycles. The molecule has 0 aliphatic carbocycles. The Kier molecular flexibility index (Phi) is 3.47. The first-order valence-electron chi connectivity index (χ1n) is 4.06. The summed E-state index contributed by atoms with van der Waals surface area (Å²) in [6, 6.07) is 0. The Hall–Kier alpha value is -1.56. The summed E-state index contributed by atoms with van der Waals surface area (Å²) in [7, 11) is 1.56. The summed E-state index contributed by atoms with van der Waals surface area (Å²) in [6.07, 6.45) is 0. The van der Waals surface area contributed by atoms with E-state index in [0.29, 0.717) is 24.7 Å². The van der Waals surface area contributed by atoms with Crippen LogP contribution in [-0.2, 0) is 4.74 Å². The molecule has 0 aromatic carbocycles. The molecular weight excluding hydrogens is 188 g/mol. The van der Waals surface area contributed by atoms with Gasteiger partial charge in [0.15, 0.2) is 0 Å². The number of carboxylic acid groups (broad SMARTS) is 1. The van der Waals surface area contributed by atoms with Crippen LogP contribution in [0.5, 0.6) is 5.88 Å². The van der Waals surface area contributed by atoms with Gasteiger partial charge in [-0.15, -0.1) is 5.10 Å². The van der Waals surface area contributed by atoms with Crippen LogP contribution in [0.25, 0.3) is 0 Å².